The molecule has 4 N–H and O–H groups in total. The molecule has 414 valence electrons. The maximum atomic E-state index is 15.9. The van der Waals surface area contributed by atoms with Crippen molar-refractivity contribution in [2.24, 2.45) is 0 Å². The number of nitrogens with zero attached hydrogens (tertiary/aromatic N) is 11. The molecule has 0 aliphatic carbocycles. The number of benzene rings is 3. The van der Waals surface area contributed by atoms with Gasteiger partial charge < -0.3 is 49.3 Å². The van der Waals surface area contributed by atoms with Crippen LogP contribution in [0.15, 0.2) is 98.1 Å². The number of hydrogen-bond acceptors (Lipinski definition) is 14. The fourth-order valence-electron chi connectivity index (χ4n) is 9.39. The third-order valence-corrected chi connectivity index (χ3v) is 13.7. The number of fused-ring (bicyclic) bond motifs is 2. The number of alkyl halides is 3. The van der Waals surface area contributed by atoms with Crippen LogP contribution in [-0.4, -0.2) is 136 Å². The molecule has 1 aliphatic rings. The maximum Gasteiger partial charge on any atom is 0.416 e. The average molecular weight is 1100 g/mol. The monoisotopic (exact) mass is 1100 g/mol. The van der Waals surface area contributed by atoms with E-state index in [1.54, 1.807) is 64.6 Å². The Kier molecular flexibility index (Phi) is 15.4. The molecule has 3 aromatic carbocycles. The molecule has 80 heavy (non-hydrogen) atoms. The summed E-state index contributed by atoms with van der Waals surface area (Å²) in [6, 6.07) is 16.6. The zero-order chi connectivity index (χ0) is 56.4. The van der Waals surface area contributed by atoms with Gasteiger partial charge in [-0.1, -0.05) is 0 Å². The number of aryl methyl sites for hydroxylation is 3. The third kappa shape index (κ3) is 11.9. The smallest absolute Gasteiger partial charge is 0.416 e. The number of ether oxygens (including phenoxy) is 2. The Hall–Kier alpha value is -9.03. The Balaban J connectivity index is 0.782. The van der Waals surface area contributed by atoms with E-state index in [9.17, 15) is 22.8 Å². The molecule has 0 bridgehead atoms. The van der Waals surface area contributed by atoms with E-state index < -0.39 is 35.2 Å². The predicted octanol–water partition coefficient (Wildman–Crippen LogP) is 10.5. The van der Waals surface area contributed by atoms with Crippen LogP contribution in [0.1, 0.15) is 62.4 Å². The molecule has 0 atom stereocenters. The number of hydrogen-bond donors (Lipinski definition) is 4. The molecule has 10 rings (SSSR count). The second kappa shape index (κ2) is 22.7. The van der Waals surface area contributed by atoms with Crippen molar-refractivity contribution in [3.05, 3.63) is 149 Å². The molecule has 6 aromatic heterocycles. The first-order valence-electron chi connectivity index (χ1n) is 25.7. The van der Waals surface area contributed by atoms with E-state index in [0.29, 0.717) is 53.9 Å². The normalized spacial score (nSPS) is 13.2. The van der Waals surface area contributed by atoms with Gasteiger partial charge in [0.15, 0.2) is 34.8 Å². The van der Waals surface area contributed by atoms with Crippen LogP contribution in [0.4, 0.5) is 45.0 Å². The van der Waals surface area contributed by atoms with Gasteiger partial charge in [0.2, 0.25) is 11.8 Å². The number of amides is 2. The van der Waals surface area contributed by atoms with Gasteiger partial charge in [-0.2, -0.15) is 13.2 Å². The first kappa shape index (κ1) is 54.3. The Morgan fingerprint density at radius 2 is 1.26 bits per heavy atom. The number of carbonyl (C=O) groups excluding carboxylic acids is 2. The first-order chi connectivity index (χ1) is 38.4. The number of imidazole rings is 1. The summed E-state index contributed by atoms with van der Waals surface area (Å²) in [6.07, 6.45) is 2.79. The molecule has 7 heterocycles. The van der Waals surface area contributed by atoms with Crippen molar-refractivity contribution in [1.29, 1.82) is 0 Å². The van der Waals surface area contributed by atoms with E-state index in [1.807, 2.05) is 26.0 Å². The minimum Gasteiger partial charge on any atom is -0.435 e. The van der Waals surface area contributed by atoms with Crippen molar-refractivity contribution in [3.8, 4) is 28.9 Å². The van der Waals surface area contributed by atoms with Crippen LogP contribution in [0.3, 0.4) is 0 Å². The molecule has 0 saturated carbocycles. The number of piperazine rings is 1. The minimum absolute atomic E-state index is 0.0249. The topological polar surface area (TPSA) is 203 Å². The van der Waals surface area contributed by atoms with Gasteiger partial charge in [-0.15, -0.1) is 0 Å². The predicted molar refractivity (Wildman–Crippen MR) is 290 cm³/mol. The van der Waals surface area contributed by atoms with Crippen molar-refractivity contribution >= 4 is 56.6 Å². The van der Waals surface area contributed by atoms with E-state index in [1.165, 1.54) is 45.2 Å². The molecule has 2 amide bonds. The van der Waals surface area contributed by atoms with Crippen LogP contribution in [0.25, 0.3) is 27.5 Å². The number of H-pyrrole nitrogens is 2. The zero-order valence-electron chi connectivity index (χ0n) is 44.5. The van der Waals surface area contributed by atoms with Crippen LogP contribution in [0.5, 0.6) is 23.3 Å². The fourth-order valence-corrected chi connectivity index (χ4v) is 9.39. The molecule has 0 unspecified atom stereocenters. The van der Waals surface area contributed by atoms with Crippen LogP contribution in [-0.2, 0) is 12.7 Å². The lowest BCUT2D eigenvalue weighted by Gasteiger charge is -2.34. The van der Waals surface area contributed by atoms with Gasteiger partial charge in [0.05, 0.1) is 35.2 Å². The second-order valence-electron chi connectivity index (χ2n) is 19.6. The lowest BCUT2D eigenvalue weighted by Crippen LogP contribution is -2.46. The summed E-state index contributed by atoms with van der Waals surface area (Å²) in [5.74, 6) is -3.06. The number of anilines is 4. The zero-order valence-corrected chi connectivity index (χ0v) is 44.5. The standard InChI is InChI=1S/C56H56F5N15O4/c1-7-72(5)54(77)46-50(63-29-65-52(46)79-44-13-11-42-40(48(44)57)21-32(2)68-42)70-36-9-10-37(62-26-36)28-75-19-17-74(18-20-75)16-8-15-73(6)55(78)47-51(64-30-66-53(47)80-45-14-12-43-41(49(45)58)22-33(3)69-43)71-38-23-35(56(59,60)61)24-39(25-38)76-27-34(4)67-31-76/h9-14,21-27,29-31,68-69H,7-8,15-20,28H2,1-6H3,(H,63,65,70)(H,64,66,71). The summed E-state index contributed by atoms with van der Waals surface area (Å²) in [4.78, 5) is 68.0. The van der Waals surface area contributed by atoms with Crippen LogP contribution in [0, 0.1) is 32.4 Å². The number of halogens is 5. The lowest BCUT2D eigenvalue weighted by atomic mass is 10.1. The highest BCUT2D eigenvalue weighted by Crippen LogP contribution is 2.38. The van der Waals surface area contributed by atoms with Gasteiger partial charge in [0.1, 0.15) is 23.8 Å². The summed E-state index contributed by atoms with van der Waals surface area (Å²) in [6.45, 7) is 12.0. The largest absolute Gasteiger partial charge is 0.435 e. The highest BCUT2D eigenvalue weighted by Gasteiger charge is 2.33. The average Bonchev–Trinajstić information content (AvgIpc) is 4.20. The summed E-state index contributed by atoms with van der Waals surface area (Å²) < 4.78 is 88.0. The van der Waals surface area contributed by atoms with Crippen LogP contribution < -0.4 is 20.1 Å². The number of pyridine rings is 1. The Morgan fingerprint density at radius 1 is 0.688 bits per heavy atom. The minimum atomic E-state index is -4.72. The number of aromatic nitrogens is 9. The van der Waals surface area contributed by atoms with Gasteiger partial charge in [-0.3, -0.25) is 19.5 Å². The molecular formula is C56H56F5N15O4. The maximum absolute atomic E-state index is 15.9. The first-order valence-corrected chi connectivity index (χ1v) is 25.7. The van der Waals surface area contributed by atoms with Gasteiger partial charge in [0.25, 0.3) is 11.8 Å². The molecule has 1 aliphatic heterocycles. The van der Waals surface area contributed by atoms with E-state index in [2.05, 4.69) is 55.3 Å². The molecule has 19 nitrogen and oxygen atoms in total. The van der Waals surface area contributed by atoms with Crippen molar-refractivity contribution in [2.75, 3.05) is 70.5 Å². The lowest BCUT2D eigenvalue weighted by molar-refractivity contribution is -0.137. The van der Waals surface area contributed by atoms with Gasteiger partial charge >= 0.3 is 6.18 Å². The molecule has 1 fully saturated rings. The molecule has 0 spiro atoms. The van der Waals surface area contributed by atoms with Gasteiger partial charge in [-0.05, 0) is 107 Å². The summed E-state index contributed by atoms with van der Waals surface area (Å²) >= 11 is 0. The number of carbonyl (C=O) groups is 2. The highest BCUT2D eigenvalue weighted by atomic mass is 19.4. The Bertz CT molecular complexity index is 3740. The van der Waals surface area contributed by atoms with Crippen LogP contribution >= 0.6 is 0 Å². The molecule has 1 saturated heterocycles. The highest BCUT2D eigenvalue weighted by molar-refractivity contribution is 6.02. The van der Waals surface area contributed by atoms with Crippen molar-refractivity contribution in [1.82, 2.24) is 64.0 Å². The summed E-state index contributed by atoms with van der Waals surface area (Å²) in [7, 11) is 3.22. The van der Waals surface area contributed by atoms with E-state index in [4.69, 9.17) is 14.5 Å². The fraction of sp³-hybridized carbons (Fsp3) is 0.286. The van der Waals surface area contributed by atoms with E-state index in [-0.39, 0.29) is 69.3 Å². The summed E-state index contributed by atoms with van der Waals surface area (Å²) in [5.41, 5.74) is 3.57. The van der Waals surface area contributed by atoms with Crippen molar-refractivity contribution in [2.45, 2.75) is 46.8 Å². The van der Waals surface area contributed by atoms with Crippen LogP contribution in [0.2, 0.25) is 0 Å². The molecule has 24 heteroatoms. The quantitative estimate of drug-likeness (QED) is 0.0591. The van der Waals surface area contributed by atoms with E-state index in [0.717, 1.165) is 61.7 Å². The van der Waals surface area contributed by atoms with Crippen molar-refractivity contribution < 1.29 is 41.0 Å². The SMILES string of the molecule is CCN(C)C(=O)c1c(Nc2ccc(CN3CCN(CCCN(C)C(=O)c4c(Nc5cc(-n6cnc(C)c6)cc(C(F)(F)F)c5)ncnc4Oc4ccc5[nH]c(C)cc5c4F)CC3)nc2)ncnc1Oc1ccc2[nH]c(C)cc2c1F. The second-order valence-corrected chi connectivity index (χ2v) is 19.6. The third-order valence-electron chi connectivity index (χ3n) is 13.7. The molecular weight excluding hydrogens is 1040 g/mol. The van der Waals surface area contributed by atoms with Gasteiger partial charge in [0, 0.05) is 111 Å². The molecule has 0 radical (unpaired) electrons. The Morgan fingerprint density at radius 3 is 1.80 bits per heavy atom. The Labute approximate surface area is 455 Å². The number of nitrogens with one attached hydrogen (secondary N) is 4. The molecule has 9 aromatic rings. The number of rotatable bonds is 18. The summed E-state index contributed by atoms with van der Waals surface area (Å²) in [5, 5.41) is 6.70. The van der Waals surface area contributed by atoms with E-state index >= 15 is 8.78 Å². The number of aromatic amines is 2. The van der Waals surface area contributed by atoms with Crippen molar-refractivity contribution in [3.63, 3.8) is 0 Å². The van der Waals surface area contributed by atoms with Gasteiger partial charge in [-0.25, -0.2) is 33.7 Å².